The van der Waals surface area contributed by atoms with Crippen LogP contribution in [0, 0.1) is 24.0 Å². The summed E-state index contributed by atoms with van der Waals surface area (Å²) in [6, 6.07) is 6.10. The summed E-state index contributed by atoms with van der Waals surface area (Å²) >= 11 is 1.64. The number of carbonyl (C=O) groups excluding carboxylic acids is 1. The summed E-state index contributed by atoms with van der Waals surface area (Å²) in [5.41, 5.74) is 2.34. The van der Waals surface area contributed by atoms with Crippen molar-refractivity contribution in [3.63, 3.8) is 0 Å². The Kier molecular flexibility index (Phi) is 5.55. The van der Waals surface area contributed by atoms with Gasteiger partial charge in [0.15, 0.2) is 5.69 Å². The predicted molar refractivity (Wildman–Crippen MR) is 111 cm³/mol. The molecular weight excluding hydrogens is 406 g/mol. The van der Waals surface area contributed by atoms with Crippen molar-refractivity contribution in [2.24, 2.45) is 0 Å². The van der Waals surface area contributed by atoms with Crippen molar-refractivity contribution < 1.29 is 9.72 Å². The van der Waals surface area contributed by atoms with Gasteiger partial charge in [0.1, 0.15) is 0 Å². The van der Waals surface area contributed by atoms with Crippen LogP contribution in [0.1, 0.15) is 26.9 Å². The van der Waals surface area contributed by atoms with E-state index >= 15 is 0 Å². The molecule has 1 aliphatic rings. The number of benzene rings is 1. The molecule has 4 rings (SSSR count). The minimum Gasteiger partial charge on any atom is -0.335 e. The molecule has 1 aromatic carbocycles. The van der Waals surface area contributed by atoms with Gasteiger partial charge in [-0.2, -0.15) is 0 Å². The van der Waals surface area contributed by atoms with Gasteiger partial charge in [-0.25, -0.2) is 9.67 Å². The van der Waals surface area contributed by atoms with Crippen molar-refractivity contribution in [1.82, 2.24) is 29.8 Å². The van der Waals surface area contributed by atoms with Crippen molar-refractivity contribution in [3.05, 3.63) is 61.8 Å². The van der Waals surface area contributed by atoms with Crippen LogP contribution in [0.15, 0.2) is 29.6 Å². The number of piperazine rings is 1. The van der Waals surface area contributed by atoms with Gasteiger partial charge in [-0.3, -0.25) is 19.8 Å². The molecule has 1 saturated heterocycles. The van der Waals surface area contributed by atoms with Crippen molar-refractivity contribution in [1.29, 1.82) is 0 Å². The third-order valence-corrected chi connectivity index (χ3v) is 5.92. The first-order valence-electron chi connectivity index (χ1n) is 9.52. The Morgan fingerprint density at radius 1 is 1.23 bits per heavy atom. The number of aryl methyl sites for hydroxylation is 1. The van der Waals surface area contributed by atoms with E-state index in [0.29, 0.717) is 24.5 Å². The highest BCUT2D eigenvalue weighted by molar-refractivity contribution is 7.09. The Morgan fingerprint density at radius 2 is 2.00 bits per heavy atom. The Hall–Kier alpha value is -3.18. The van der Waals surface area contributed by atoms with Gasteiger partial charge in [-0.15, -0.1) is 16.4 Å². The molecule has 3 aromatic rings. The Bertz CT molecular complexity index is 1090. The van der Waals surface area contributed by atoms with E-state index in [1.54, 1.807) is 35.3 Å². The van der Waals surface area contributed by atoms with E-state index in [9.17, 15) is 14.9 Å². The van der Waals surface area contributed by atoms with Crippen LogP contribution in [-0.4, -0.2) is 66.8 Å². The first kappa shape index (κ1) is 20.1. The lowest BCUT2D eigenvalue weighted by atomic mass is 10.2. The van der Waals surface area contributed by atoms with Crippen molar-refractivity contribution in [2.45, 2.75) is 20.4 Å². The number of nitrogens with zero attached hydrogens (tertiary/aromatic N) is 7. The maximum Gasteiger partial charge on any atom is 0.276 e. The van der Waals surface area contributed by atoms with E-state index < -0.39 is 4.92 Å². The van der Waals surface area contributed by atoms with Crippen LogP contribution in [-0.2, 0) is 6.54 Å². The molecule has 2 aromatic heterocycles. The number of rotatable bonds is 5. The van der Waals surface area contributed by atoms with Crippen LogP contribution in [0.4, 0.5) is 5.69 Å². The number of hydrogen-bond acceptors (Lipinski definition) is 8. The van der Waals surface area contributed by atoms with Crippen molar-refractivity contribution in [3.8, 4) is 5.69 Å². The molecule has 0 spiro atoms. The minimum absolute atomic E-state index is 0.0401. The summed E-state index contributed by atoms with van der Waals surface area (Å²) < 4.78 is 1.46. The highest BCUT2D eigenvalue weighted by atomic mass is 32.1. The lowest BCUT2D eigenvalue weighted by Crippen LogP contribution is -2.48. The summed E-state index contributed by atoms with van der Waals surface area (Å²) in [5, 5.41) is 22.3. The largest absolute Gasteiger partial charge is 0.335 e. The second-order valence-electron chi connectivity index (χ2n) is 7.14. The molecule has 1 aliphatic heterocycles. The molecule has 30 heavy (non-hydrogen) atoms. The van der Waals surface area contributed by atoms with E-state index in [0.717, 1.165) is 30.3 Å². The molecule has 0 aliphatic carbocycles. The normalized spacial score (nSPS) is 14.8. The molecule has 0 atom stereocenters. The lowest BCUT2D eigenvalue weighted by Gasteiger charge is -2.34. The molecule has 0 unspecified atom stereocenters. The zero-order valence-corrected chi connectivity index (χ0v) is 17.5. The second-order valence-corrected chi connectivity index (χ2v) is 8.20. The first-order valence-corrected chi connectivity index (χ1v) is 10.4. The van der Waals surface area contributed by atoms with Gasteiger partial charge in [0.05, 0.1) is 27.0 Å². The Labute approximate surface area is 176 Å². The van der Waals surface area contributed by atoms with Gasteiger partial charge in [-0.05, 0) is 19.9 Å². The number of non-ortho nitro benzene ring substituents is 1. The number of aromatic nitrogens is 4. The molecule has 156 valence electrons. The monoisotopic (exact) mass is 427 g/mol. The molecule has 10 nitrogen and oxygen atoms in total. The van der Waals surface area contributed by atoms with Gasteiger partial charge >= 0.3 is 0 Å². The number of thiazole rings is 1. The van der Waals surface area contributed by atoms with Crippen molar-refractivity contribution in [2.75, 3.05) is 26.2 Å². The molecule has 0 radical (unpaired) electrons. The SMILES string of the molecule is Cc1nc(CN2CCN(C(=O)c3nnn(-c4cccc([N+](=O)[O-])c4)c3C)CC2)cs1. The third kappa shape index (κ3) is 4.07. The number of amides is 1. The van der Waals surface area contributed by atoms with E-state index in [4.69, 9.17) is 0 Å². The lowest BCUT2D eigenvalue weighted by molar-refractivity contribution is -0.384. The molecule has 0 N–H and O–H groups in total. The summed E-state index contributed by atoms with van der Waals surface area (Å²) in [6.45, 7) is 7.26. The average Bonchev–Trinajstić information content (AvgIpc) is 3.33. The van der Waals surface area contributed by atoms with Crippen LogP contribution >= 0.6 is 11.3 Å². The van der Waals surface area contributed by atoms with E-state index in [-0.39, 0.29) is 17.3 Å². The Balaban J connectivity index is 1.43. The van der Waals surface area contributed by atoms with E-state index in [1.165, 1.54) is 16.8 Å². The van der Waals surface area contributed by atoms with Gasteiger partial charge in [0.25, 0.3) is 11.6 Å². The molecule has 0 saturated carbocycles. The molecule has 3 heterocycles. The topological polar surface area (TPSA) is 110 Å². The Morgan fingerprint density at radius 3 is 2.67 bits per heavy atom. The van der Waals surface area contributed by atoms with Gasteiger partial charge in [0, 0.05) is 50.2 Å². The zero-order chi connectivity index (χ0) is 21.3. The minimum atomic E-state index is -0.464. The summed E-state index contributed by atoms with van der Waals surface area (Å²) in [7, 11) is 0. The maximum atomic E-state index is 13.0. The summed E-state index contributed by atoms with van der Waals surface area (Å²) in [6.07, 6.45) is 0. The maximum absolute atomic E-state index is 13.0. The molecule has 1 fully saturated rings. The van der Waals surface area contributed by atoms with Crippen LogP contribution < -0.4 is 0 Å². The molecule has 11 heteroatoms. The summed E-state index contributed by atoms with van der Waals surface area (Å²) in [5.74, 6) is -0.173. The number of nitro groups is 1. The third-order valence-electron chi connectivity index (χ3n) is 5.09. The molecular formula is C19H21N7O3S. The second kappa shape index (κ2) is 8.28. The highest BCUT2D eigenvalue weighted by Gasteiger charge is 2.27. The van der Waals surface area contributed by atoms with Crippen LogP contribution in [0.3, 0.4) is 0 Å². The zero-order valence-electron chi connectivity index (χ0n) is 16.7. The van der Waals surface area contributed by atoms with E-state index in [1.807, 2.05) is 6.92 Å². The van der Waals surface area contributed by atoms with Gasteiger partial charge in [-0.1, -0.05) is 11.3 Å². The van der Waals surface area contributed by atoms with Crippen molar-refractivity contribution >= 4 is 22.9 Å². The van der Waals surface area contributed by atoms with Gasteiger partial charge < -0.3 is 4.90 Å². The smallest absolute Gasteiger partial charge is 0.276 e. The van der Waals surface area contributed by atoms with Crippen LogP contribution in [0.5, 0.6) is 0 Å². The molecule has 1 amide bonds. The first-order chi connectivity index (χ1) is 14.4. The van der Waals surface area contributed by atoms with Crippen LogP contribution in [0.2, 0.25) is 0 Å². The standard InChI is InChI=1S/C19H21N7O3S/c1-13-18(21-22-25(13)16-4-3-5-17(10-16)26(28)29)19(27)24-8-6-23(7-9-24)11-15-12-30-14(2)20-15/h3-5,10,12H,6-9,11H2,1-2H3. The number of nitro benzene ring substituents is 1. The van der Waals surface area contributed by atoms with Crippen LogP contribution in [0.25, 0.3) is 5.69 Å². The fraction of sp³-hybridized carbons (Fsp3) is 0.368. The van der Waals surface area contributed by atoms with Gasteiger partial charge in [0.2, 0.25) is 0 Å². The average molecular weight is 427 g/mol. The molecule has 0 bridgehead atoms. The summed E-state index contributed by atoms with van der Waals surface area (Å²) in [4.78, 5) is 32.1. The quantitative estimate of drug-likeness (QED) is 0.453. The fourth-order valence-corrected chi connectivity index (χ4v) is 4.08. The van der Waals surface area contributed by atoms with E-state index in [2.05, 4.69) is 25.6 Å². The predicted octanol–water partition coefficient (Wildman–Crippen LogP) is 2.21. The number of carbonyl (C=O) groups is 1. The highest BCUT2D eigenvalue weighted by Crippen LogP contribution is 2.20. The number of hydrogen-bond donors (Lipinski definition) is 0. The fourth-order valence-electron chi connectivity index (χ4n) is 3.48.